The van der Waals surface area contributed by atoms with Crippen molar-refractivity contribution in [3.05, 3.63) is 91.4 Å². The molecule has 0 saturated carbocycles. The summed E-state index contributed by atoms with van der Waals surface area (Å²) >= 11 is 6.62. The second kappa shape index (κ2) is 8.74. The summed E-state index contributed by atoms with van der Waals surface area (Å²) in [7, 11) is 0. The van der Waals surface area contributed by atoms with Gasteiger partial charge in [-0.15, -0.1) is 0 Å². The molecule has 4 aliphatic rings. The Morgan fingerprint density at radius 3 is 2.41 bits per heavy atom. The van der Waals surface area contributed by atoms with Gasteiger partial charge in [0.05, 0.1) is 22.0 Å². The molecule has 0 aromatic heterocycles. The van der Waals surface area contributed by atoms with Gasteiger partial charge in [0.1, 0.15) is 5.75 Å². The van der Waals surface area contributed by atoms with Crippen LogP contribution in [0.4, 0.5) is 5.69 Å². The van der Waals surface area contributed by atoms with Gasteiger partial charge in [-0.2, -0.15) is 0 Å². The lowest BCUT2D eigenvalue weighted by atomic mass is 9.59. The molecule has 2 amide bonds. The van der Waals surface area contributed by atoms with Gasteiger partial charge < -0.3 is 5.11 Å². The van der Waals surface area contributed by atoms with E-state index in [0.29, 0.717) is 34.4 Å². The van der Waals surface area contributed by atoms with E-state index >= 15 is 0 Å². The summed E-state index contributed by atoms with van der Waals surface area (Å²) in [4.78, 5) is 55.2. The minimum Gasteiger partial charge on any atom is -0.507 e. The molecule has 2 aromatic carbocycles. The summed E-state index contributed by atoms with van der Waals surface area (Å²) in [6.45, 7) is 1.78. The third-order valence-corrected chi connectivity index (χ3v) is 9.11. The molecule has 6 nitrogen and oxygen atoms in total. The summed E-state index contributed by atoms with van der Waals surface area (Å²) in [5, 5.41) is 11.0. The molecule has 186 valence electrons. The Bertz CT molecular complexity index is 1520. The van der Waals surface area contributed by atoms with Crippen LogP contribution in [0.3, 0.4) is 0 Å². The Labute approximate surface area is 230 Å². The molecule has 6 rings (SSSR count). The van der Waals surface area contributed by atoms with Gasteiger partial charge >= 0.3 is 0 Å². The highest BCUT2D eigenvalue weighted by Crippen LogP contribution is 2.56. The number of nitrogens with zero attached hydrogens (tertiary/aromatic N) is 1. The molecule has 8 heteroatoms. The van der Waals surface area contributed by atoms with Crippen LogP contribution in [-0.4, -0.2) is 28.5 Å². The highest BCUT2D eigenvalue weighted by Gasteiger charge is 2.56. The number of phenols is 1. The fraction of sp³-hybridized carbons (Fsp3) is 0.241. The zero-order chi connectivity index (χ0) is 26.2. The molecule has 0 bridgehead atoms. The van der Waals surface area contributed by atoms with E-state index < -0.39 is 23.7 Å². The molecule has 1 saturated heterocycles. The number of hydrogen-bond donors (Lipinski definition) is 1. The number of allylic oxidation sites excluding steroid dienone is 6. The van der Waals surface area contributed by atoms with Gasteiger partial charge in [-0.05, 0) is 71.4 Å². The van der Waals surface area contributed by atoms with Crippen molar-refractivity contribution >= 4 is 60.9 Å². The van der Waals surface area contributed by atoms with Gasteiger partial charge in [0, 0.05) is 33.2 Å². The molecule has 3 aliphatic carbocycles. The second-order valence-electron chi connectivity index (χ2n) is 9.89. The number of ketones is 2. The van der Waals surface area contributed by atoms with Crippen molar-refractivity contribution < 1.29 is 24.3 Å². The van der Waals surface area contributed by atoms with E-state index in [4.69, 9.17) is 0 Å². The number of hydrogen-bond acceptors (Lipinski definition) is 5. The first kappa shape index (κ1) is 24.2. The molecule has 1 heterocycles. The quantitative estimate of drug-likeness (QED) is 0.274. The van der Waals surface area contributed by atoms with Crippen molar-refractivity contribution in [1.29, 1.82) is 0 Å². The third-order valence-electron chi connectivity index (χ3n) is 8.00. The molecule has 0 spiro atoms. The molecule has 1 aliphatic heterocycles. The Morgan fingerprint density at radius 2 is 1.68 bits per heavy atom. The zero-order valence-electron chi connectivity index (χ0n) is 19.7. The number of aromatic hydroxyl groups is 1. The fourth-order valence-electron chi connectivity index (χ4n) is 6.32. The highest BCUT2D eigenvalue weighted by atomic mass is 79.9. The molecular weight excluding hydrogens is 602 g/mol. The van der Waals surface area contributed by atoms with Gasteiger partial charge in [-0.1, -0.05) is 45.8 Å². The first-order chi connectivity index (χ1) is 17.7. The summed E-state index contributed by atoms with van der Waals surface area (Å²) in [5.74, 6) is -3.42. The standard InChI is InChI=1S/C29H21Br2NO5/c1-13-3-2-4-17(26(13)34)23-16-9-10-18-24(19(16)11-20-25(23)22(33)12-21(31)27(20)35)29(37)32(28(18)36)15-7-5-14(30)6-8-15/h2-9,12,18-19,23-24,34H,10-11H2,1H3. The van der Waals surface area contributed by atoms with Crippen LogP contribution in [0, 0.1) is 24.7 Å². The third kappa shape index (κ3) is 3.56. The minimum atomic E-state index is -0.674. The van der Waals surface area contributed by atoms with Gasteiger partial charge in [-0.3, -0.25) is 24.1 Å². The molecule has 37 heavy (non-hydrogen) atoms. The Kier molecular flexibility index (Phi) is 5.73. The normalized spacial score (nSPS) is 27.1. The topological polar surface area (TPSA) is 91.8 Å². The number of rotatable bonds is 2. The van der Waals surface area contributed by atoms with Crippen LogP contribution in [0.25, 0.3) is 0 Å². The van der Waals surface area contributed by atoms with E-state index in [1.54, 1.807) is 49.4 Å². The molecule has 4 atom stereocenters. The Hall–Kier alpha value is -3.10. The smallest absolute Gasteiger partial charge is 0.238 e. The van der Waals surface area contributed by atoms with Crippen molar-refractivity contribution in [1.82, 2.24) is 0 Å². The highest BCUT2D eigenvalue weighted by molar-refractivity contribution is 9.12. The van der Waals surface area contributed by atoms with Crippen molar-refractivity contribution in [2.45, 2.75) is 25.7 Å². The number of para-hydroxylation sites is 1. The maximum absolute atomic E-state index is 13.9. The minimum absolute atomic E-state index is 0.0576. The van der Waals surface area contributed by atoms with E-state index in [-0.39, 0.29) is 40.0 Å². The van der Waals surface area contributed by atoms with E-state index in [0.717, 1.165) is 10.0 Å². The number of benzene rings is 2. The lowest BCUT2D eigenvalue weighted by Crippen LogP contribution is -2.39. The van der Waals surface area contributed by atoms with E-state index in [9.17, 15) is 24.3 Å². The fourth-order valence-corrected chi connectivity index (χ4v) is 7.03. The van der Waals surface area contributed by atoms with Crippen molar-refractivity contribution in [2.75, 3.05) is 4.90 Å². The number of anilines is 1. The summed E-state index contributed by atoms with van der Waals surface area (Å²) in [6.07, 6.45) is 3.77. The number of carbonyl (C=O) groups excluding carboxylic acids is 4. The number of fused-ring (bicyclic) bond motifs is 3. The van der Waals surface area contributed by atoms with Crippen LogP contribution in [0.5, 0.6) is 5.75 Å². The number of aryl methyl sites for hydroxylation is 1. The average molecular weight is 623 g/mol. The molecule has 4 unspecified atom stereocenters. The van der Waals surface area contributed by atoms with Crippen molar-refractivity contribution in [3.8, 4) is 5.75 Å². The number of Topliss-reactive ketones (excluding diaryl/α,β-unsaturated/α-hetero) is 1. The van der Waals surface area contributed by atoms with Gasteiger partial charge in [-0.25, -0.2) is 0 Å². The van der Waals surface area contributed by atoms with Crippen LogP contribution in [-0.2, 0) is 19.2 Å². The SMILES string of the molecule is Cc1cccc(C2C3=CCC4C(=O)N(c5ccc(Br)cc5)C(=O)C4C3CC3=C2C(=O)C=C(Br)C3=O)c1O. The van der Waals surface area contributed by atoms with Gasteiger partial charge in [0.15, 0.2) is 11.6 Å². The maximum atomic E-state index is 13.9. The molecule has 1 fully saturated rings. The predicted molar refractivity (Wildman–Crippen MR) is 144 cm³/mol. The predicted octanol–water partition coefficient (Wildman–Crippen LogP) is 5.43. The summed E-state index contributed by atoms with van der Waals surface area (Å²) in [5.41, 5.74) is 3.18. The van der Waals surface area contributed by atoms with Crippen LogP contribution in [0.15, 0.2) is 80.3 Å². The number of carbonyl (C=O) groups is 4. The number of amides is 2. The largest absolute Gasteiger partial charge is 0.507 e. The van der Waals surface area contributed by atoms with Crippen molar-refractivity contribution in [2.24, 2.45) is 17.8 Å². The molecule has 1 N–H and O–H groups in total. The first-order valence-corrected chi connectivity index (χ1v) is 13.6. The Morgan fingerprint density at radius 1 is 0.946 bits per heavy atom. The number of phenolic OH excluding ortho intramolecular Hbond substituents is 1. The zero-order valence-corrected chi connectivity index (χ0v) is 22.9. The van der Waals surface area contributed by atoms with E-state index in [1.807, 2.05) is 6.08 Å². The van der Waals surface area contributed by atoms with Crippen LogP contribution >= 0.6 is 31.9 Å². The van der Waals surface area contributed by atoms with Crippen LogP contribution in [0.1, 0.15) is 29.9 Å². The summed E-state index contributed by atoms with van der Waals surface area (Å²) < 4.78 is 1.01. The average Bonchev–Trinajstić information content (AvgIpc) is 3.13. The van der Waals surface area contributed by atoms with Crippen LogP contribution < -0.4 is 4.90 Å². The monoisotopic (exact) mass is 621 g/mol. The maximum Gasteiger partial charge on any atom is 0.238 e. The second-order valence-corrected chi connectivity index (χ2v) is 11.7. The lowest BCUT2D eigenvalue weighted by Gasteiger charge is -2.42. The lowest BCUT2D eigenvalue weighted by molar-refractivity contribution is -0.123. The summed E-state index contributed by atoms with van der Waals surface area (Å²) in [6, 6.07) is 12.4. The number of imide groups is 1. The van der Waals surface area contributed by atoms with E-state index in [1.165, 1.54) is 11.0 Å². The number of halogens is 2. The molecule has 2 aromatic rings. The van der Waals surface area contributed by atoms with Gasteiger partial charge in [0.25, 0.3) is 0 Å². The van der Waals surface area contributed by atoms with Gasteiger partial charge in [0.2, 0.25) is 11.8 Å². The van der Waals surface area contributed by atoms with Crippen LogP contribution in [0.2, 0.25) is 0 Å². The van der Waals surface area contributed by atoms with Crippen molar-refractivity contribution in [3.63, 3.8) is 0 Å². The Balaban J connectivity index is 1.50. The molecular formula is C29H21Br2NO5. The first-order valence-electron chi connectivity index (χ1n) is 12.0. The van der Waals surface area contributed by atoms with E-state index in [2.05, 4.69) is 31.9 Å². The molecule has 0 radical (unpaired) electrons.